The van der Waals surface area contributed by atoms with Crippen LogP contribution in [0.2, 0.25) is 5.02 Å². The van der Waals surface area contributed by atoms with E-state index in [1.165, 1.54) is 24.3 Å². The number of carbonyl (C=O) groups is 1. The first-order valence-electron chi connectivity index (χ1n) is 8.45. The van der Waals surface area contributed by atoms with Crippen molar-refractivity contribution in [3.05, 3.63) is 47.7 Å². The van der Waals surface area contributed by atoms with Crippen molar-refractivity contribution >= 4 is 33.5 Å². The highest BCUT2D eigenvalue weighted by atomic mass is 35.5. The van der Waals surface area contributed by atoms with Gasteiger partial charge in [0.1, 0.15) is 0 Å². The molecular weight excluding hydrogens is 390 g/mol. The first kappa shape index (κ1) is 19.5. The van der Waals surface area contributed by atoms with Crippen LogP contribution in [0.5, 0.6) is 0 Å². The van der Waals surface area contributed by atoms with E-state index in [1.807, 2.05) is 4.90 Å². The Kier molecular flexibility index (Phi) is 5.93. The Morgan fingerprint density at radius 2 is 1.70 bits per heavy atom. The Morgan fingerprint density at radius 3 is 2.30 bits per heavy atom. The van der Waals surface area contributed by atoms with Gasteiger partial charge in [-0.1, -0.05) is 11.6 Å². The van der Waals surface area contributed by atoms with Gasteiger partial charge >= 0.3 is 0 Å². The number of rotatable bonds is 5. The van der Waals surface area contributed by atoms with Gasteiger partial charge in [-0.2, -0.15) is 4.72 Å². The Morgan fingerprint density at radius 1 is 1.11 bits per heavy atom. The summed E-state index contributed by atoms with van der Waals surface area (Å²) in [6.45, 7) is 3.68. The molecule has 0 radical (unpaired) electrons. The van der Waals surface area contributed by atoms with Gasteiger partial charge in [0.05, 0.1) is 10.9 Å². The third kappa shape index (κ3) is 4.74. The molecule has 1 amide bonds. The highest BCUT2D eigenvalue weighted by molar-refractivity contribution is 7.89. The second-order valence-corrected chi connectivity index (χ2v) is 8.31. The molecule has 27 heavy (non-hydrogen) atoms. The summed E-state index contributed by atoms with van der Waals surface area (Å²) in [7, 11) is -3.80. The number of sulfonamides is 1. The van der Waals surface area contributed by atoms with Gasteiger partial charge in [0, 0.05) is 43.6 Å². The fourth-order valence-electron chi connectivity index (χ4n) is 2.82. The van der Waals surface area contributed by atoms with Crippen molar-refractivity contribution in [1.29, 1.82) is 0 Å². The second kappa shape index (κ2) is 8.20. The summed E-state index contributed by atoms with van der Waals surface area (Å²) in [6.07, 6.45) is 3.35. The number of amides is 1. The molecule has 1 N–H and O–H groups in total. The minimum absolute atomic E-state index is 0.0672. The van der Waals surface area contributed by atoms with Crippen molar-refractivity contribution in [3.8, 4) is 0 Å². The van der Waals surface area contributed by atoms with Gasteiger partial charge in [-0.05, 0) is 37.3 Å². The summed E-state index contributed by atoms with van der Waals surface area (Å²) in [5.41, 5.74) is 0. The third-order valence-electron chi connectivity index (χ3n) is 4.25. The van der Waals surface area contributed by atoms with Crippen molar-refractivity contribution in [1.82, 2.24) is 19.6 Å². The van der Waals surface area contributed by atoms with Crippen molar-refractivity contribution in [2.24, 2.45) is 0 Å². The number of anilines is 1. The van der Waals surface area contributed by atoms with Crippen LogP contribution in [-0.4, -0.2) is 61.4 Å². The second-order valence-electron chi connectivity index (χ2n) is 6.16. The number of aromatic nitrogens is 2. The van der Waals surface area contributed by atoms with Crippen LogP contribution in [0.1, 0.15) is 6.92 Å². The average Bonchev–Trinajstić information content (AvgIpc) is 2.68. The highest BCUT2D eigenvalue weighted by Gasteiger charge is 2.28. The molecule has 3 rings (SSSR count). The molecule has 1 fully saturated rings. The highest BCUT2D eigenvalue weighted by Crippen LogP contribution is 2.15. The van der Waals surface area contributed by atoms with Crippen LogP contribution >= 0.6 is 11.6 Å². The van der Waals surface area contributed by atoms with E-state index in [2.05, 4.69) is 14.7 Å². The molecular formula is C17H20ClN5O3S. The normalized spacial score (nSPS) is 16.2. The maximum absolute atomic E-state index is 12.6. The molecule has 0 bridgehead atoms. The number of nitrogens with one attached hydrogen (secondary N) is 1. The van der Waals surface area contributed by atoms with E-state index in [4.69, 9.17) is 11.6 Å². The SMILES string of the molecule is C[C@H](NS(=O)(=O)c1ccc(Cl)cc1)C(=O)N1CCN(c2ncccn2)CC1. The standard InChI is InChI=1S/C17H20ClN5O3S/c1-13(21-27(25,26)15-5-3-14(18)4-6-15)16(24)22-9-11-23(12-10-22)17-19-7-2-8-20-17/h2-8,13,21H,9-12H2,1H3/t13-/m0/s1. The molecule has 2 aromatic rings. The quantitative estimate of drug-likeness (QED) is 0.795. The molecule has 144 valence electrons. The number of nitrogens with zero attached hydrogens (tertiary/aromatic N) is 4. The lowest BCUT2D eigenvalue weighted by Crippen LogP contribution is -2.54. The minimum Gasteiger partial charge on any atom is -0.338 e. The monoisotopic (exact) mass is 409 g/mol. The number of hydrogen-bond acceptors (Lipinski definition) is 6. The Bertz CT molecular complexity index is 885. The van der Waals surface area contributed by atoms with Crippen molar-refractivity contribution in [2.75, 3.05) is 31.1 Å². The summed E-state index contributed by atoms with van der Waals surface area (Å²) >= 11 is 5.79. The van der Waals surface area contributed by atoms with Gasteiger partial charge in [0.2, 0.25) is 21.9 Å². The summed E-state index contributed by atoms with van der Waals surface area (Å²) in [5.74, 6) is 0.363. The zero-order valence-corrected chi connectivity index (χ0v) is 16.3. The molecule has 0 saturated carbocycles. The largest absolute Gasteiger partial charge is 0.338 e. The maximum Gasteiger partial charge on any atom is 0.241 e. The van der Waals surface area contributed by atoms with Gasteiger partial charge in [-0.3, -0.25) is 4.79 Å². The maximum atomic E-state index is 12.6. The number of halogens is 1. The average molecular weight is 410 g/mol. The fourth-order valence-corrected chi connectivity index (χ4v) is 4.14. The van der Waals surface area contributed by atoms with Crippen LogP contribution in [0.15, 0.2) is 47.6 Å². The molecule has 1 aromatic heterocycles. The van der Waals surface area contributed by atoms with Crippen LogP contribution < -0.4 is 9.62 Å². The number of hydrogen-bond donors (Lipinski definition) is 1. The van der Waals surface area contributed by atoms with Crippen molar-refractivity contribution in [2.45, 2.75) is 17.9 Å². The molecule has 0 spiro atoms. The lowest BCUT2D eigenvalue weighted by molar-refractivity contribution is -0.132. The van der Waals surface area contributed by atoms with Crippen LogP contribution in [0.4, 0.5) is 5.95 Å². The molecule has 1 saturated heterocycles. The van der Waals surface area contributed by atoms with Crippen molar-refractivity contribution < 1.29 is 13.2 Å². The smallest absolute Gasteiger partial charge is 0.241 e. The first-order chi connectivity index (χ1) is 12.9. The van der Waals surface area contributed by atoms with Gasteiger partial charge < -0.3 is 9.80 Å². The minimum atomic E-state index is -3.80. The van der Waals surface area contributed by atoms with Crippen LogP contribution in [0, 0.1) is 0 Å². The van der Waals surface area contributed by atoms with Crippen LogP contribution in [0.3, 0.4) is 0 Å². The van der Waals surface area contributed by atoms with E-state index in [1.54, 1.807) is 30.3 Å². The first-order valence-corrected chi connectivity index (χ1v) is 10.3. The van der Waals surface area contributed by atoms with Gasteiger partial charge in [-0.25, -0.2) is 18.4 Å². The zero-order chi connectivity index (χ0) is 19.4. The number of piperazine rings is 1. The molecule has 0 unspecified atom stereocenters. The van der Waals surface area contributed by atoms with E-state index >= 15 is 0 Å². The topological polar surface area (TPSA) is 95.5 Å². The molecule has 1 aliphatic rings. The summed E-state index contributed by atoms with van der Waals surface area (Å²) in [6, 6.07) is 6.67. The Hall–Kier alpha value is -2.23. The number of carbonyl (C=O) groups excluding carboxylic acids is 1. The Labute approximate surface area is 163 Å². The summed E-state index contributed by atoms with van der Waals surface area (Å²) in [5, 5.41) is 0.443. The molecule has 2 heterocycles. The van der Waals surface area contributed by atoms with E-state index in [-0.39, 0.29) is 10.8 Å². The lowest BCUT2D eigenvalue weighted by atomic mass is 10.2. The van der Waals surface area contributed by atoms with Crippen LogP contribution in [0.25, 0.3) is 0 Å². The lowest BCUT2D eigenvalue weighted by Gasteiger charge is -2.35. The van der Waals surface area contributed by atoms with E-state index < -0.39 is 16.1 Å². The zero-order valence-electron chi connectivity index (χ0n) is 14.7. The fraction of sp³-hybridized carbons (Fsp3) is 0.353. The summed E-state index contributed by atoms with van der Waals surface area (Å²) in [4.78, 5) is 24.8. The van der Waals surface area contributed by atoms with Gasteiger partial charge in [-0.15, -0.1) is 0 Å². The molecule has 10 heteroatoms. The number of benzene rings is 1. The Balaban J connectivity index is 1.59. The van der Waals surface area contributed by atoms with E-state index in [0.29, 0.717) is 37.1 Å². The molecule has 1 atom stereocenters. The molecule has 8 nitrogen and oxygen atoms in total. The van der Waals surface area contributed by atoms with Crippen LogP contribution in [-0.2, 0) is 14.8 Å². The molecule has 1 aromatic carbocycles. The predicted octanol–water partition coefficient (Wildman–Crippen LogP) is 1.15. The molecule has 1 aliphatic heterocycles. The van der Waals surface area contributed by atoms with Gasteiger partial charge in [0.15, 0.2) is 0 Å². The third-order valence-corrected chi connectivity index (χ3v) is 6.06. The van der Waals surface area contributed by atoms with E-state index in [0.717, 1.165) is 0 Å². The predicted molar refractivity (Wildman–Crippen MR) is 102 cm³/mol. The van der Waals surface area contributed by atoms with Crippen molar-refractivity contribution in [3.63, 3.8) is 0 Å². The van der Waals surface area contributed by atoms with Gasteiger partial charge in [0.25, 0.3) is 0 Å². The van der Waals surface area contributed by atoms with E-state index in [9.17, 15) is 13.2 Å². The molecule has 0 aliphatic carbocycles. The summed E-state index contributed by atoms with van der Waals surface area (Å²) < 4.78 is 27.3.